The molecule has 3 heteroatoms. The summed E-state index contributed by atoms with van der Waals surface area (Å²) in [6.45, 7) is 2.13. The molecule has 0 aromatic carbocycles. The molecule has 0 unspecified atom stereocenters. The Hall–Kier alpha value is -0.760. The average Bonchev–Trinajstić information content (AvgIpc) is 2.26. The molecule has 0 atom stereocenters. The van der Waals surface area contributed by atoms with Crippen molar-refractivity contribution in [3.8, 4) is 0 Å². The minimum Gasteiger partial charge on any atom is -0.357 e. The van der Waals surface area contributed by atoms with E-state index in [4.69, 9.17) is 11.6 Å². The smallest absolute Gasteiger partial charge is 0.129 e. The maximum atomic E-state index is 5.91. The molecule has 0 aliphatic heterocycles. The molecule has 0 bridgehead atoms. The van der Waals surface area contributed by atoms with Gasteiger partial charge in [-0.05, 0) is 43.4 Å². The van der Waals surface area contributed by atoms with E-state index in [-0.39, 0.29) is 0 Å². The summed E-state index contributed by atoms with van der Waals surface area (Å²) in [5.41, 5.74) is 2.31. The van der Waals surface area contributed by atoms with Gasteiger partial charge in [-0.1, -0.05) is 6.92 Å². The van der Waals surface area contributed by atoms with Gasteiger partial charge in [-0.25, -0.2) is 4.98 Å². The third-order valence-electron chi connectivity index (χ3n) is 3.42. The van der Waals surface area contributed by atoms with Crippen LogP contribution in [0.2, 0.25) is 0 Å². The summed E-state index contributed by atoms with van der Waals surface area (Å²) in [7, 11) is 2.14. The van der Waals surface area contributed by atoms with Crippen molar-refractivity contribution in [2.75, 3.05) is 11.9 Å². The van der Waals surface area contributed by atoms with E-state index in [2.05, 4.69) is 36.0 Å². The number of hydrogen-bond acceptors (Lipinski definition) is 2. The van der Waals surface area contributed by atoms with Crippen LogP contribution >= 0.6 is 11.6 Å². The molecule has 0 radical (unpaired) electrons. The molecule has 0 saturated heterocycles. The van der Waals surface area contributed by atoms with E-state index < -0.39 is 0 Å². The fourth-order valence-electron chi connectivity index (χ4n) is 2.03. The van der Waals surface area contributed by atoms with E-state index in [1.807, 2.05) is 0 Å². The van der Waals surface area contributed by atoms with Crippen LogP contribution in [-0.4, -0.2) is 18.1 Å². The molecule has 1 aliphatic carbocycles. The topological polar surface area (TPSA) is 16.1 Å². The third-order valence-corrected chi connectivity index (χ3v) is 3.73. The first-order valence-electron chi connectivity index (χ1n) is 6.03. The molecule has 2 nitrogen and oxygen atoms in total. The number of aryl methyl sites for hydroxylation is 1. The minimum atomic E-state index is 0.570. The monoisotopic (exact) mass is 238 g/mol. The van der Waals surface area contributed by atoms with Crippen LogP contribution < -0.4 is 4.90 Å². The van der Waals surface area contributed by atoms with E-state index in [0.29, 0.717) is 11.9 Å². The summed E-state index contributed by atoms with van der Waals surface area (Å²) in [6.07, 6.45) is 4.91. The van der Waals surface area contributed by atoms with Crippen LogP contribution in [0.15, 0.2) is 12.1 Å². The molecule has 1 aromatic heterocycles. The van der Waals surface area contributed by atoms with Gasteiger partial charge in [0.2, 0.25) is 0 Å². The minimum absolute atomic E-state index is 0.570. The van der Waals surface area contributed by atoms with E-state index in [0.717, 1.165) is 17.9 Å². The van der Waals surface area contributed by atoms with Gasteiger partial charge in [0, 0.05) is 24.7 Å². The number of nitrogens with zero attached hydrogens (tertiary/aromatic N) is 2. The fourth-order valence-corrected chi connectivity index (χ4v) is 2.19. The van der Waals surface area contributed by atoms with Gasteiger partial charge in [-0.15, -0.1) is 11.6 Å². The molecule has 1 aliphatic rings. The maximum Gasteiger partial charge on any atom is 0.129 e. The van der Waals surface area contributed by atoms with Crippen LogP contribution in [0.3, 0.4) is 0 Å². The van der Waals surface area contributed by atoms with E-state index in [9.17, 15) is 0 Å². The largest absolute Gasteiger partial charge is 0.357 e. The second-order valence-corrected chi connectivity index (χ2v) is 4.78. The van der Waals surface area contributed by atoms with Crippen molar-refractivity contribution in [2.24, 2.45) is 0 Å². The first-order valence-corrected chi connectivity index (χ1v) is 6.56. The van der Waals surface area contributed by atoms with Crippen LogP contribution in [0, 0.1) is 0 Å². The predicted octanol–water partition coefficient (Wildman–Crippen LogP) is 3.37. The van der Waals surface area contributed by atoms with Gasteiger partial charge in [0.15, 0.2) is 0 Å². The van der Waals surface area contributed by atoms with Gasteiger partial charge < -0.3 is 4.90 Å². The van der Waals surface area contributed by atoms with Crippen LogP contribution in [0.5, 0.6) is 0 Å². The molecular weight excluding hydrogens is 220 g/mol. The predicted molar refractivity (Wildman–Crippen MR) is 69.2 cm³/mol. The van der Waals surface area contributed by atoms with Gasteiger partial charge in [-0.3, -0.25) is 0 Å². The summed E-state index contributed by atoms with van der Waals surface area (Å²) in [5.74, 6) is 1.65. The molecular formula is C13H19ClN2. The quantitative estimate of drug-likeness (QED) is 0.748. The lowest BCUT2D eigenvalue weighted by molar-refractivity contribution is 0.399. The molecule has 1 saturated carbocycles. The zero-order valence-electron chi connectivity index (χ0n) is 10.0. The number of hydrogen-bond donors (Lipinski definition) is 0. The lowest BCUT2D eigenvalue weighted by Gasteiger charge is -2.35. The summed E-state index contributed by atoms with van der Waals surface area (Å²) >= 11 is 5.91. The van der Waals surface area contributed by atoms with E-state index in [1.54, 1.807) is 0 Å². The zero-order valence-corrected chi connectivity index (χ0v) is 10.8. The Labute approximate surface area is 103 Å². The zero-order chi connectivity index (χ0) is 11.5. The number of pyridine rings is 1. The lowest BCUT2D eigenvalue weighted by Crippen LogP contribution is -2.37. The Morgan fingerprint density at radius 1 is 1.44 bits per heavy atom. The second-order valence-electron chi connectivity index (χ2n) is 4.51. The van der Waals surface area contributed by atoms with Crippen molar-refractivity contribution >= 4 is 17.4 Å². The first kappa shape index (κ1) is 11.7. The molecule has 1 fully saturated rings. The Balaban J connectivity index is 2.24. The molecule has 1 aromatic rings. The van der Waals surface area contributed by atoms with Gasteiger partial charge in [0.1, 0.15) is 5.82 Å². The average molecular weight is 239 g/mol. The Morgan fingerprint density at radius 3 is 2.69 bits per heavy atom. The van der Waals surface area contributed by atoms with Crippen molar-refractivity contribution in [3.05, 3.63) is 23.4 Å². The van der Waals surface area contributed by atoms with E-state index >= 15 is 0 Å². The SMILES string of the molecule is CCc1cc(CCl)cc(N(C)C2CCC2)n1. The molecule has 0 spiro atoms. The summed E-state index contributed by atoms with van der Waals surface area (Å²) in [6, 6.07) is 4.90. The van der Waals surface area contributed by atoms with Crippen LogP contribution in [0.4, 0.5) is 5.82 Å². The summed E-state index contributed by atoms with van der Waals surface area (Å²) in [5, 5.41) is 0. The number of alkyl halides is 1. The third kappa shape index (κ3) is 2.32. The molecule has 0 N–H and O–H groups in total. The first-order chi connectivity index (χ1) is 7.74. The van der Waals surface area contributed by atoms with E-state index in [1.165, 1.54) is 24.8 Å². The van der Waals surface area contributed by atoms with Gasteiger partial charge in [0.05, 0.1) is 0 Å². The Morgan fingerprint density at radius 2 is 2.19 bits per heavy atom. The van der Waals surface area contributed by atoms with Crippen LogP contribution in [-0.2, 0) is 12.3 Å². The van der Waals surface area contributed by atoms with Gasteiger partial charge in [0.25, 0.3) is 0 Å². The highest BCUT2D eigenvalue weighted by Crippen LogP contribution is 2.28. The molecule has 2 rings (SSSR count). The Bertz CT molecular complexity index is 339. The van der Waals surface area contributed by atoms with Gasteiger partial charge in [-0.2, -0.15) is 0 Å². The fraction of sp³-hybridized carbons (Fsp3) is 0.615. The highest BCUT2D eigenvalue weighted by Gasteiger charge is 2.23. The van der Waals surface area contributed by atoms with Crippen molar-refractivity contribution < 1.29 is 0 Å². The number of anilines is 1. The normalized spacial score (nSPS) is 15.9. The number of aromatic nitrogens is 1. The molecule has 0 amide bonds. The molecule has 16 heavy (non-hydrogen) atoms. The van der Waals surface area contributed by atoms with Crippen LogP contribution in [0.25, 0.3) is 0 Å². The van der Waals surface area contributed by atoms with Crippen molar-refractivity contribution in [1.29, 1.82) is 0 Å². The highest BCUT2D eigenvalue weighted by atomic mass is 35.5. The Kier molecular flexibility index (Phi) is 3.70. The summed E-state index contributed by atoms with van der Waals surface area (Å²) < 4.78 is 0. The van der Waals surface area contributed by atoms with Crippen molar-refractivity contribution in [2.45, 2.75) is 44.5 Å². The summed E-state index contributed by atoms with van der Waals surface area (Å²) in [4.78, 5) is 6.97. The van der Waals surface area contributed by atoms with Crippen LogP contribution in [0.1, 0.15) is 37.4 Å². The van der Waals surface area contributed by atoms with Crippen molar-refractivity contribution in [1.82, 2.24) is 4.98 Å². The second kappa shape index (κ2) is 5.05. The highest BCUT2D eigenvalue weighted by molar-refractivity contribution is 6.17. The maximum absolute atomic E-state index is 5.91. The molecule has 1 heterocycles. The van der Waals surface area contributed by atoms with Gasteiger partial charge >= 0.3 is 0 Å². The van der Waals surface area contributed by atoms with Crippen molar-refractivity contribution in [3.63, 3.8) is 0 Å². The number of halogens is 1. The molecule has 88 valence electrons. The standard InChI is InChI=1S/C13H19ClN2/c1-3-11-7-10(9-14)8-13(15-11)16(2)12-5-4-6-12/h7-8,12H,3-6,9H2,1-2H3. The number of rotatable bonds is 4. The lowest BCUT2D eigenvalue weighted by atomic mass is 9.92.